The van der Waals surface area contributed by atoms with E-state index in [9.17, 15) is 48.0 Å². The van der Waals surface area contributed by atoms with Crippen molar-refractivity contribution in [2.75, 3.05) is 10.6 Å². The minimum Gasteiger partial charge on any atom is -0.508 e. The fourth-order valence-corrected chi connectivity index (χ4v) is 4.99. The van der Waals surface area contributed by atoms with Crippen molar-refractivity contribution in [1.82, 2.24) is 0 Å². The number of carbonyl (C=O) groups is 4. The van der Waals surface area contributed by atoms with E-state index in [4.69, 9.17) is 0 Å². The minimum atomic E-state index is -4.06. The first-order valence-corrected chi connectivity index (χ1v) is 13.1. The fourth-order valence-electron chi connectivity index (χ4n) is 3.73. The standard InChI is InChI=1S/C28H20N2O10S/c31-17-5-11-23(21(13-17)27(35)36)29-25(33)15-1-7-19(8-2-15)41(39,40)20-9-3-16(4-10-20)26(34)30-24-12-6-18(32)14-22(24)28(37)38/h1-14,31-32H,(H,29,33)(H,30,34)(H,35,36)(H,37,38). The highest BCUT2D eigenvalue weighted by Gasteiger charge is 2.21. The van der Waals surface area contributed by atoms with Crippen LogP contribution in [-0.4, -0.2) is 52.6 Å². The number of benzene rings is 4. The number of amides is 2. The van der Waals surface area contributed by atoms with Gasteiger partial charge in [-0.3, -0.25) is 9.59 Å². The van der Waals surface area contributed by atoms with E-state index < -0.39 is 33.6 Å². The SMILES string of the molecule is O=C(Nc1ccc(O)cc1C(=O)O)c1ccc(S(=O)(=O)c2ccc(C(=O)Nc3ccc(O)cc3C(=O)O)cc2)cc1. The van der Waals surface area contributed by atoms with Gasteiger partial charge in [0.1, 0.15) is 11.5 Å². The molecule has 2 amide bonds. The van der Waals surface area contributed by atoms with Crippen molar-refractivity contribution in [3.8, 4) is 11.5 Å². The summed E-state index contributed by atoms with van der Waals surface area (Å²) in [4.78, 5) is 47.7. The molecule has 12 nitrogen and oxygen atoms in total. The highest BCUT2D eigenvalue weighted by atomic mass is 32.2. The quantitative estimate of drug-likeness (QED) is 0.167. The summed E-state index contributed by atoms with van der Waals surface area (Å²) in [5.41, 5.74) is -0.720. The molecular weight excluding hydrogens is 556 g/mol. The number of sulfone groups is 1. The molecule has 208 valence electrons. The normalized spacial score (nSPS) is 10.9. The molecule has 0 saturated heterocycles. The van der Waals surface area contributed by atoms with Gasteiger partial charge in [-0.25, -0.2) is 18.0 Å². The number of anilines is 2. The Morgan fingerprint density at radius 1 is 0.537 bits per heavy atom. The van der Waals surface area contributed by atoms with Crippen molar-refractivity contribution in [1.29, 1.82) is 0 Å². The van der Waals surface area contributed by atoms with Crippen LogP contribution in [0.2, 0.25) is 0 Å². The summed E-state index contributed by atoms with van der Waals surface area (Å²) < 4.78 is 26.2. The smallest absolute Gasteiger partial charge is 0.337 e. The van der Waals surface area contributed by atoms with E-state index in [1.165, 1.54) is 72.8 Å². The van der Waals surface area contributed by atoms with Gasteiger partial charge in [-0.05, 0) is 84.9 Å². The number of hydrogen-bond donors (Lipinski definition) is 6. The largest absolute Gasteiger partial charge is 0.508 e. The van der Waals surface area contributed by atoms with Crippen LogP contribution in [0.4, 0.5) is 11.4 Å². The molecule has 0 aliphatic carbocycles. The Kier molecular flexibility index (Phi) is 7.73. The van der Waals surface area contributed by atoms with E-state index in [1.807, 2.05) is 0 Å². The third-order valence-electron chi connectivity index (χ3n) is 5.82. The lowest BCUT2D eigenvalue weighted by molar-refractivity contribution is 0.0686. The molecule has 6 N–H and O–H groups in total. The number of carboxylic acids is 2. The lowest BCUT2D eigenvalue weighted by Gasteiger charge is -2.11. The zero-order valence-corrected chi connectivity index (χ0v) is 21.5. The van der Waals surface area contributed by atoms with Crippen LogP contribution in [-0.2, 0) is 9.84 Å². The number of phenolic OH excluding ortho intramolecular Hbond substituents is 2. The number of aromatic hydroxyl groups is 2. The lowest BCUT2D eigenvalue weighted by Crippen LogP contribution is -2.15. The maximum atomic E-state index is 13.1. The van der Waals surface area contributed by atoms with Crippen LogP contribution in [0.3, 0.4) is 0 Å². The number of carboxylic acid groups (broad SMARTS) is 2. The van der Waals surface area contributed by atoms with Gasteiger partial charge in [-0.1, -0.05) is 0 Å². The second kappa shape index (κ2) is 11.2. The molecule has 13 heteroatoms. The molecule has 0 aliphatic rings. The predicted molar refractivity (Wildman–Crippen MR) is 144 cm³/mol. The number of phenols is 2. The van der Waals surface area contributed by atoms with E-state index >= 15 is 0 Å². The van der Waals surface area contributed by atoms with Crippen molar-refractivity contribution < 1.29 is 48.0 Å². The number of hydrogen-bond acceptors (Lipinski definition) is 8. The second-order valence-electron chi connectivity index (χ2n) is 8.53. The molecule has 41 heavy (non-hydrogen) atoms. The first-order chi connectivity index (χ1) is 19.4. The second-order valence-corrected chi connectivity index (χ2v) is 10.5. The molecule has 0 atom stereocenters. The first kappa shape index (κ1) is 28.3. The number of aromatic carboxylic acids is 2. The highest BCUT2D eigenvalue weighted by molar-refractivity contribution is 7.91. The Balaban J connectivity index is 1.49. The molecule has 4 aromatic rings. The Morgan fingerprint density at radius 2 is 0.878 bits per heavy atom. The molecule has 0 spiro atoms. The van der Waals surface area contributed by atoms with Crippen molar-refractivity contribution in [2.45, 2.75) is 9.79 Å². The highest BCUT2D eigenvalue weighted by Crippen LogP contribution is 2.25. The predicted octanol–water partition coefficient (Wildman–Crippen LogP) is 3.83. The van der Waals surface area contributed by atoms with Crippen molar-refractivity contribution in [3.05, 3.63) is 107 Å². The molecule has 4 aromatic carbocycles. The van der Waals surface area contributed by atoms with Gasteiger partial charge in [0, 0.05) is 11.1 Å². The third-order valence-corrected chi connectivity index (χ3v) is 7.60. The van der Waals surface area contributed by atoms with Gasteiger partial charge in [-0.2, -0.15) is 0 Å². The average Bonchev–Trinajstić information content (AvgIpc) is 2.94. The number of carbonyl (C=O) groups excluding carboxylic acids is 2. The summed E-state index contributed by atoms with van der Waals surface area (Å²) in [6.45, 7) is 0. The van der Waals surface area contributed by atoms with E-state index in [-0.39, 0.29) is 54.9 Å². The topological polar surface area (TPSA) is 207 Å². The molecule has 0 aromatic heterocycles. The Hall–Kier alpha value is -5.69. The zero-order valence-electron chi connectivity index (χ0n) is 20.7. The maximum Gasteiger partial charge on any atom is 0.337 e. The summed E-state index contributed by atoms with van der Waals surface area (Å²) in [7, 11) is -4.06. The molecular formula is C28H20N2O10S. The van der Waals surface area contributed by atoms with E-state index in [0.717, 1.165) is 12.1 Å². The number of rotatable bonds is 8. The van der Waals surface area contributed by atoms with Crippen molar-refractivity contribution in [2.24, 2.45) is 0 Å². The van der Waals surface area contributed by atoms with Crippen LogP contribution >= 0.6 is 0 Å². The van der Waals surface area contributed by atoms with Gasteiger partial charge in [0.2, 0.25) is 9.84 Å². The maximum absolute atomic E-state index is 13.1. The van der Waals surface area contributed by atoms with Crippen LogP contribution in [0.15, 0.2) is 94.7 Å². The number of nitrogens with one attached hydrogen (secondary N) is 2. The van der Waals surface area contributed by atoms with Crippen LogP contribution < -0.4 is 10.6 Å². The summed E-state index contributed by atoms with van der Waals surface area (Å²) in [6.07, 6.45) is 0. The van der Waals surface area contributed by atoms with Crippen LogP contribution in [0.25, 0.3) is 0 Å². The molecule has 0 saturated carbocycles. The Morgan fingerprint density at radius 3 is 1.20 bits per heavy atom. The van der Waals surface area contributed by atoms with E-state index in [1.54, 1.807) is 0 Å². The Labute approximate surface area is 232 Å². The fraction of sp³-hybridized carbons (Fsp3) is 0. The van der Waals surface area contributed by atoms with E-state index in [0.29, 0.717) is 0 Å². The van der Waals surface area contributed by atoms with Crippen LogP contribution in [0.5, 0.6) is 11.5 Å². The molecule has 0 bridgehead atoms. The summed E-state index contributed by atoms with van der Waals surface area (Å²) in [5.74, 6) is -4.76. The monoisotopic (exact) mass is 576 g/mol. The molecule has 4 rings (SSSR count). The van der Waals surface area contributed by atoms with E-state index in [2.05, 4.69) is 10.6 Å². The van der Waals surface area contributed by atoms with Gasteiger partial charge >= 0.3 is 11.9 Å². The molecule has 0 heterocycles. The lowest BCUT2D eigenvalue weighted by atomic mass is 10.1. The van der Waals surface area contributed by atoms with Crippen molar-refractivity contribution in [3.63, 3.8) is 0 Å². The first-order valence-electron chi connectivity index (χ1n) is 11.6. The Bertz CT molecular complexity index is 1670. The summed E-state index contributed by atoms with van der Waals surface area (Å²) in [6, 6.07) is 16.5. The molecule has 0 radical (unpaired) electrons. The molecule has 0 aliphatic heterocycles. The van der Waals surface area contributed by atoms with Crippen LogP contribution in [0.1, 0.15) is 41.4 Å². The molecule has 0 unspecified atom stereocenters. The minimum absolute atomic E-state index is 0.0374. The van der Waals surface area contributed by atoms with Gasteiger partial charge in [0.05, 0.1) is 32.3 Å². The summed E-state index contributed by atoms with van der Waals surface area (Å²) in [5, 5.41) is 42.4. The zero-order chi connectivity index (χ0) is 29.9. The van der Waals surface area contributed by atoms with Crippen molar-refractivity contribution >= 4 is 45.0 Å². The van der Waals surface area contributed by atoms with Gasteiger partial charge in [-0.15, -0.1) is 0 Å². The summed E-state index contributed by atoms with van der Waals surface area (Å²) >= 11 is 0. The van der Waals surface area contributed by atoms with Crippen LogP contribution in [0, 0.1) is 0 Å². The third kappa shape index (κ3) is 6.15. The average molecular weight is 577 g/mol. The van der Waals surface area contributed by atoms with Gasteiger partial charge in [0.25, 0.3) is 11.8 Å². The van der Waals surface area contributed by atoms with Gasteiger partial charge < -0.3 is 31.1 Å². The van der Waals surface area contributed by atoms with Gasteiger partial charge in [0.15, 0.2) is 0 Å². The molecule has 0 fully saturated rings.